The number of aromatic nitrogens is 2. The smallest absolute Gasteiger partial charge is 0.237 e. The number of nitrogens with zero attached hydrogens (tertiary/aromatic N) is 3. The zero-order valence-electron chi connectivity index (χ0n) is 14.9. The molecule has 134 valence electrons. The second-order valence-electron chi connectivity index (χ2n) is 6.56. The largest absolute Gasteiger partial charge is 0.494 e. The lowest BCUT2D eigenvalue weighted by Gasteiger charge is -2.18. The molecule has 2 aromatic rings. The van der Waals surface area contributed by atoms with E-state index in [1.165, 1.54) is 0 Å². The zero-order valence-corrected chi connectivity index (χ0v) is 14.9. The molecule has 1 N–H and O–H groups in total. The zero-order chi connectivity index (χ0) is 17.6. The van der Waals surface area contributed by atoms with E-state index >= 15 is 0 Å². The van der Waals surface area contributed by atoms with Crippen LogP contribution in [-0.2, 0) is 11.8 Å². The van der Waals surface area contributed by atoms with Gasteiger partial charge in [-0.3, -0.25) is 14.4 Å². The Morgan fingerprint density at radius 2 is 2.24 bits per heavy atom. The summed E-state index contributed by atoms with van der Waals surface area (Å²) >= 11 is 0. The third-order valence-corrected chi connectivity index (χ3v) is 4.58. The van der Waals surface area contributed by atoms with Crippen LogP contribution in [0.4, 0.5) is 0 Å². The molecule has 1 unspecified atom stereocenters. The quantitative estimate of drug-likeness (QED) is 0.783. The Labute approximate surface area is 148 Å². The number of carbonyl (C=O) groups is 1. The number of ether oxygens (including phenoxy) is 1. The summed E-state index contributed by atoms with van der Waals surface area (Å²) < 4.78 is 7.60. The molecule has 0 radical (unpaired) electrons. The van der Waals surface area contributed by atoms with Crippen LogP contribution in [-0.4, -0.2) is 53.4 Å². The molecule has 1 aliphatic rings. The van der Waals surface area contributed by atoms with Crippen LogP contribution in [0.1, 0.15) is 19.3 Å². The summed E-state index contributed by atoms with van der Waals surface area (Å²) in [6, 6.07) is 8.03. The number of benzene rings is 1. The predicted molar refractivity (Wildman–Crippen MR) is 97.4 cm³/mol. The maximum absolute atomic E-state index is 12.1. The molecule has 0 aliphatic carbocycles. The Balaban J connectivity index is 1.41. The van der Waals surface area contributed by atoms with E-state index in [1.54, 1.807) is 4.68 Å². The SMILES string of the molecule is CN1CCCC1C(=O)NCCCOc1cccc(-c2cnn(C)c2)c1. The van der Waals surface area contributed by atoms with Gasteiger partial charge in [-0.05, 0) is 50.6 Å². The van der Waals surface area contributed by atoms with Gasteiger partial charge in [-0.25, -0.2) is 0 Å². The number of aryl methyl sites for hydroxylation is 1. The van der Waals surface area contributed by atoms with E-state index < -0.39 is 0 Å². The Kier molecular flexibility index (Phi) is 5.71. The van der Waals surface area contributed by atoms with Crippen LogP contribution < -0.4 is 10.1 Å². The lowest BCUT2D eigenvalue weighted by atomic mass is 10.1. The molecule has 2 heterocycles. The summed E-state index contributed by atoms with van der Waals surface area (Å²) in [6.45, 7) is 2.23. The van der Waals surface area contributed by atoms with E-state index in [1.807, 2.05) is 50.8 Å². The van der Waals surface area contributed by atoms with Gasteiger partial charge in [0.15, 0.2) is 0 Å². The Morgan fingerprint density at radius 3 is 2.96 bits per heavy atom. The van der Waals surface area contributed by atoms with E-state index in [4.69, 9.17) is 4.74 Å². The summed E-state index contributed by atoms with van der Waals surface area (Å²) in [5.41, 5.74) is 2.16. The number of amides is 1. The fourth-order valence-electron chi connectivity index (χ4n) is 3.17. The molecule has 1 amide bonds. The van der Waals surface area contributed by atoms with Crippen molar-refractivity contribution < 1.29 is 9.53 Å². The number of rotatable bonds is 7. The van der Waals surface area contributed by atoms with Gasteiger partial charge in [-0.1, -0.05) is 12.1 Å². The third kappa shape index (κ3) is 4.60. The first-order valence-electron chi connectivity index (χ1n) is 8.83. The van der Waals surface area contributed by atoms with Crippen molar-refractivity contribution in [2.24, 2.45) is 7.05 Å². The Hall–Kier alpha value is -2.34. The minimum atomic E-state index is 0.0390. The van der Waals surface area contributed by atoms with Crippen molar-refractivity contribution in [1.82, 2.24) is 20.0 Å². The lowest BCUT2D eigenvalue weighted by Crippen LogP contribution is -2.41. The van der Waals surface area contributed by atoms with Gasteiger partial charge in [0.1, 0.15) is 5.75 Å². The molecule has 3 rings (SSSR count). The number of likely N-dealkylation sites (tertiary alicyclic amines) is 1. The number of likely N-dealkylation sites (N-methyl/N-ethyl adjacent to an activating group) is 1. The molecular weight excluding hydrogens is 316 g/mol. The minimum absolute atomic E-state index is 0.0390. The van der Waals surface area contributed by atoms with Crippen LogP contribution in [0.5, 0.6) is 5.75 Å². The van der Waals surface area contributed by atoms with Crippen molar-refractivity contribution in [3.05, 3.63) is 36.7 Å². The van der Waals surface area contributed by atoms with E-state index in [0.29, 0.717) is 13.2 Å². The van der Waals surface area contributed by atoms with Gasteiger partial charge < -0.3 is 10.1 Å². The van der Waals surface area contributed by atoms with Gasteiger partial charge in [-0.2, -0.15) is 5.10 Å². The predicted octanol–water partition coefficient (Wildman–Crippen LogP) is 2.07. The molecule has 1 aromatic carbocycles. The average Bonchev–Trinajstić information content (AvgIpc) is 3.23. The third-order valence-electron chi connectivity index (χ3n) is 4.58. The van der Waals surface area contributed by atoms with Crippen molar-refractivity contribution in [2.75, 3.05) is 26.7 Å². The summed E-state index contributed by atoms with van der Waals surface area (Å²) in [4.78, 5) is 14.2. The van der Waals surface area contributed by atoms with Gasteiger partial charge in [-0.15, -0.1) is 0 Å². The molecule has 1 aromatic heterocycles. The van der Waals surface area contributed by atoms with Crippen molar-refractivity contribution in [2.45, 2.75) is 25.3 Å². The first-order valence-corrected chi connectivity index (χ1v) is 8.83. The second-order valence-corrected chi connectivity index (χ2v) is 6.56. The molecule has 0 bridgehead atoms. The molecular formula is C19H26N4O2. The maximum atomic E-state index is 12.1. The minimum Gasteiger partial charge on any atom is -0.494 e. The summed E-state index contributed by atoms with van der Waals surface area (Å²) in [7, 11) is 3.91. The highest BCUT2D eigenvalue weighted by Crippen LogP contribution is 2.23. The summed E-state index contributed by atoms with van der Waals surface area (Å²) in [6.07, 6.45) is 6.67. The Morgan fingerprint density at radius 1 is 1.36 bits per heavy atom. The van der Waals surface area contributed by atoms with Crippen LogP contribution in [0.15, 0.2) is 36.7 Å². The van der Waals surface area contributed by atoms with Gasteiger partial charge in [0.25, 0.3) is 0 Å². The molecule has 6 nitrogen and oxygen atoms in total. The lowest BCUT2D eigenvalue weighted by molar-refractivity contribution is -0.125. The van der Waals surface area contributed by atoms with Crippen molar-refractivity contribution in [1.29, 1.82) is 0 Å². The van der Waals surface area contributed by atoms with Gasteiger partial charge in [0.05, 0.1) is 18.8 Å². The average molecular weight is 342 g/mol. The highest BCUT2D eigenvalue weighted by Gasteiger charge is 2.27. The number of hydrogen-bond donors (Lipinski definition) is 1. The number of carbonyl (C=O) groups excluding carboxylic acids is 1. The molecule has 1 saturated heterocycles. The maximum Gasteiger partial charge on any atom is 0.237 e. The molecule has 1 aliphatic heterocycles. The van der Waals surface area contributed by atoms with E-state index in [9.17, 15) is 4.79 Å². The molecule has 25 heavy (non-hydrogen) atoms. The van der Waals surface area contributed by atoms with E-state index in [0.717, 1.165) is 42.7 Å². The van der Waals surface area contributed by atoms with Crippen molar-refractivity contribution in [3.8, 4) is 16.9 Å². The normalized spacial score (nSPS) is 17.6. The first kappa shape index (κ1) is 17.5. The standard InChI is InChI=1S/C19H26N4O2/c1-22-10-4-8-18(22)19(24)20-9-5-11-25-17-7-3-6-15(12-17)16-13-21-23(2)14-16/h3,6-7,12-14,18H,4-5,8-11H2,1-2H3,(H,20,24). The van der Waals surface area contributed by atoms with E-state index in [-0.39, 0.29) is 11.9 Å². The molecule has 0 saturated carbocycles. The fourth-order valence-corrected chi connectivity index (χ4v) is 3.17. The van der Waals surface area contributed by atoms with Gasteiger partial charge in [0.2, 0.25) is 5.91 Å². The number of hydrogen-bond acceptors (Lipinski definition) is 4. The van der Waals surface area contributed by atoms with Crippen molar-refractivity contribution >= 4 is 5.91 Å². The highest BCUT2D eigenvalue weighted by atomic mass is 16.5. The van der Waals surface area contributed by atoms with Crippen LogP contribution in [0, 0.1) is 0 Å². The molecule has 0 spiro atoms. The van der Waals surface area contributed by atoms with Crippen LogP contribution in [0.25, 0.3) is 11.1 Å². The van der Waals surface area contributed by atoms with Crippen molar-refractivity contribution in [3.63, 3.8) is 0 Å². The monoisotopic (exact) mass is 342 g/mol. The molecule has 1 fully saturated rings. The van der Waals surface area contributed by atoms with E-state index in [2.05, 4.69) is 15.3 Å². The Bertz CT molecular complexity index is 713. The van der Waals surface area contributed by atoms with Crippen LogP contribution >= 0.6 is 0 Å². The summed E-state index contributed by atoms with van der Waals surface area (Å²) in [5, 5.41) is 7.21. The molecule has 1 atom stereocenters. The van der Waals surface area contributed by atoms with Gasteiger partial charge in [0, 0.05) is 25.4 Å². The molecule has 6 heteroatoms. The van der Waals surface area contributed by atoms with Gasteiger partial charge >= 0.3 is 0 Å². The topological polar surface area (TPSA) is 59.4 Å². The van der Waals surface area contributed by atoms with Crippen LogP contribution in [0.3, 0.4) is 0 Å². The first-order chi connectivity index (χ1) is 12.1. The second kappa shape index (κ2) is 8.16. The highest BCUT2D eigenvalue weighted by molar-refractivity contribution is 5.81. The fraction of sp³-hybridized carbons (Fsp3) is 0.474. The van der Waals surface area contributed by atoms with Crippen LogP contribution in [0.2, 0.25) is 0 Å². The summed E-state index contributed by atoms with van der Waals surface area (Å²) in [5.74, 6) is 0.974. The number of nitrogens with one attached hydrogen (secondary N) is 1.